The smallest absolute Gasteiger partial charge is 0.0803 e. The van der Waals surface area contributed by atoms with Gasteiger partial charge in [0.1, 0.15) is 0 Å². The standard InChI is InChI=1S/C15H22OS/c1-11-7-12(2)9-14(8-11)10-15(16)5-4-6-17-13(15)3/h7-9,13,16H,4-6,10H2,1-3H3. The summed E-state index contributed by atoms with van der Waals surface area (Å²) in [6.45, 7) is 6.41. The number of hydrogen-bond acceptors (Lipinski definition) is 2. The summed E-state index contributed by atoms with van der Waals surface area (Å²) in [4.78, 5) is 0. The number of aliphatic hydroxyl groups is 1. The molecule has 1 aliphatic heterocycles. The Labute approximate surface area is 109 Å². The molecule has 2 unspecified atom stereocenters. The van der Waals surface area contributed by atoms with Gasteiger partial charge in [-0.1, -0.05) is 36.2 Å². The summed E-state index contributed by atoms with van der Waals surface area (Å²) < 4.78 is 0. The van der Waals surface area contributed by atoms with Crippen LogP contribution in [0, 0.1) is 13.8 Å². The Morgan fingerprint density at radius 1 is 1.29 bits per heavy atom. The fourth-order valence-corrected chi connectivity index (χ4v) is 3.93. The van der Waals surface area contributed by atoms with Gasteiger partial charge in [-0.05, 0) is 38.0 Å². The molecule has 2 heteroatoms. The van der Waals surface area contributed by atoms with Crippen molar-refractivity contribution in [3.8, 4) is 0 Å². The molecule has 1 N–H and O–H groups in total. The Balaban J connectivity index is 2.18. The van der Waals surface area contributed by atoms with E-state index in [2.05, 4.69) is 39.0 Å². The van der Waals surface area contributed by atoms with Crippen LogP contribution in [0.15, 0.2) is 18.2 Å². The monoisotopic (exact) mass is 250 g/mol. The minimum Gasteiger partial charge on any atom is -0.388 e. The van der Waals surface area contributed by atoms with Gasteiger partial charge in [0.15, 0.2) is 0 Å². The van der Waals surface area contributed by atoms with Crippen LogP contribution in [-0.4, -0.2) is 21.7 Å². The number of thioether (sulfide) groups is 1. The zero-order valence-electron chi connectivity index (χ0n) is 11.0. The summed E-state index contributed by atoms with van der Waals surface area (Å²) in [5.74, 6) is 1.19. The molecule has 2 atom stereocenters. The topological polar surface area (TPSA) is 20.2 Å². The van der Waals surface area contributed by atoms with Crippen molar-refractivity contribution in [1.29, 1.82) is 0 Å². The van der Waals surface area contributed by atoms with E-state index in [1.807, 2.05) is 11.8 Å². The SMILES string of the molecule is Cc1cc(C)cc(CC2(O)CCCSC2C)c1. The largest absolute Gasteiger partial charge is 0.388 e. The van der Waals surface area contributed by atoms with E-state index in [1.165, 1.54) is 22.4 Å². The molecule has 1 aromatic rings. The van der Waals surface area contributed by atoms with Gasteiger partial charge in [-0.15, -0.1) is 0 Å². The average Bonchev–Trinajstić information content (AvgIpc) is 2.21. The molecule has 1 aliphatic rings. The maximum Gasteiger partial charge on any atom is 0.0803 e. The molecular formula is C15H22OS. The first-order valence-corrected chi connectivity index (χ1v) is 7.46. The van der Waals surface area contributed by atoms with Crippen molar-refractivity contribution in [2.45, 2.75) is 50.9 Å². The summed E-state index contributed by atoms with van der Waals surface area (Å²) in [6, 6.07) is 6.60. The van der Waals surface area contributed by atoms with Gasteiger partial charge >= 0.3 is 0 Å². The number of aryl methyl sites for hydroxylation is 2. The van der Waals surface area contributed by atoms with Gasteiger partial charge in [-0.25, -0.2) is 0 Å². The molecule has 0 aromatic heterocycles. The molecule has 0 saturated carbocycles. The maximum absolute atomic E-state index is 10.8. The van der Waals surface area contributed by atoms with Crippen LogP contribution >= 0.6 is 11.8 Å². The quantitative estimate of drug-likeness (QED) is 0.867. The zero-order valence-corrected chi connectivity index (χ0v) is 11.8. The van der Waals surface area contributed by atoms with Gasteiger partial charge in [0.2, 0.25) is 0 Å². The van der Waals surface area contributed by atoms with Crippen molar-refractivity contribution in [2.24, 2.45) is 0 Å². The Hall–Kier alpha value is -0.470. The van der Waals surface area contributed by atoms with E-state index < -0.39 is 5.60 Å². The van der Waals surface area contributed by atoms with Crippen molar-refractivity contribution in [2.75, 3.05) is 5.75 Å². The molecular weight excluding hydrogens is 228 g/mol. The van der Waals surface area contributed by atoms with Crippen LogP contribution in [0.5, 0.6) is 0 Å². The summed E-state index contributed by atoms with van der Waals surface area (Å²) in [7, 11) is 0. The van der Waals surface area contributed by atoms with Gasteiger partial charge in [0.25, 0.3) is 0 Å². The highest BCUT2D eigenvalue weighted by atomic mass is 32.2. The molecule has 0 radical (unpaired) electrons. The van der Waals surface area contributed by atoms with Crippen LogP contribution < -0.4 is 0 Å². The minimum atomic E-state index is -0.511. The highest BCUT2D eigenvalue weighted by Crippen LogP contribution is 2.36. The van der Waals surface area contributed by atoms with Crippen molar-refractivity contribution < 1.29 is 5.11 Å². The molecule has 17 heavy (non-hydrogen) atoms. The fraction of sp³-hybridized carbons (Fsp3) is 0.600. The molecule has 0 bridgehead atoms. The molecule has 0 aliphatic carbocycles. The van der Waals surface area contributed by atoms with Gasteiger partial charge in [0.05, 0.1) is 5.60 Å². The molecule has 0 spiro atoms. The Kier molecular flexibility index (Phi) is 3.84. The number of benzene rings is 1. The lowest BCUT2D eigenvalue weighted by atomic mass is 9.86. The van der Waals surface area contributed by atoms with Crippen LogP contribution in [0.1, 0.15) is 36.5 Å². The first-order chi connectivity index (χ1) is 7.99. The molecule has 0 amide bonds. The minimum absolute atomic E-state index is 0.345. The van der Waals surface area contributed by atoms with E-state index in [1.54, 1.807) is 0 Å². The third-order valence-corrected chi connectivity index (χ3v) is 5.13. The van der Waals surface area contributed by atoms with Crippen molar-refractivity contribution in [3.05, 3.63) is 34.9 Å². The van der Waals surface area contributed by atoms with Crippen LogP contribution in [0.25, 0.3) is 0 Å². The first-order valence-electron chi connectivity index (χ1n) is 6.41. The summed E-state index contributed by atoms with van der Waals surface area (Å²) >= 11 is 1.90. The predicted octanol–water partition coefficient (Wildman–Crippen LogP) is 3.49. The Morgan fingerprint density at radius 2 is 1.94 bits per heavy atom. The van der Waals surface area contributed by atoms with Crippen LogP contribution in [0.3, 0.4) is 0 Å². The second-order valence-electron chi connectivity index (χ2n) is 5.39. The molecule has 2 rings (SSSR count). The third kappa shape index (κ3) is 3.05. The second-order valence-corrected chi connectivity index (χ2v) is 6.84. The van der Waals surface area contributed by atoms with Crippen molar-refractivity contribution in [1.82, 2.24) is 0 Å². The van der Waals surface area contributed by atoms with E-state index in [4.69, 9.17) is 0 Å². The summed E-state index contributed by atoms with van der Waals surface area (Å²) in [5, 5.41) is 11.1. The Morgan fingerprint density at radius 3 is 2.53 bits per heavy atom. The summed E-state index contributed by atoms with van der Waals surface area (Å²) in [5.41, 5.74) is 3.35. The normalized spacial score (nSPS) is 29.3. The van der Waals surface area contributed by atoms with E-state index in [0.29, 0.717) is 5.25 Å². The lowest BCUT2D eigenvalue weighted by molar-refractivity contribution is 0.0297. The van der Waals surface area contributed by atoms with Crippen LogP contribution in [-0.2, 0) is 6.42 Å². The molecule has 94 valence electrons. The van der Waals surface area contributed by atoms with Crippen molar-refractivity contribution >= 4 is 11.8 Å². The average molecular weight is 250 g/mol. The second kappa shape index (κ2) is 5.03. The maximum atomic E-state index is 10.8. The molecule has 1 heterocycles. The van der Waals surface area contributed by atoms with E-state index in [9.17, 15) is 5.11 Å². The van der Waals surface area contributed by atoms with Gasteiger partial charge in [-0.2, -0.15) is 11.8 Å². The highest BCUT2D eigenvalue weighted by Gasteiger charge is 2.36. The molecule has 1 aromatic carbocycles. The van der Waals surface area contributed by atoms with Gasteiger partial charge in [0, 0.05) is 11.7 Å². The van der Waals surface area contributed by atoms with E-state index in [-0.39, 0.29) is 0 Å². The Bertz CT molecular complexity index is 382. The lowest BCUT2D eigenvalue weighted by Crippen LogP contribution is -2.43. The lowest BCUT2D eigenvalue weighted by Gasteiger charge is -2.38. The first kappa shape index (κ1) is 13.0. The fourth-order valence-electron chi connectivity index (χ4n) is 2.75. The number of rotatable bonds is 2. The molecule has 1 nitrogen and oxygen atoms in total. The van der Waals surface area contributed by atoms with Gasteiger partial charge in [-0.3, -0.25) is 0 Å². The van der Waals surface area contributed by atoms with Crippen LogP contribution in [0.4, 0.5) is 0 Å². The van der Waals surface area contributed by atoms with E-state index >= 15 is 0 Å². The zero-order chi connectivity index (χ0) is 12.5. The van der Waals surface area contributed by atoms with E-state index in [0.717, 1.165) is 19.3 Å². The molecule has 1 fully saturated rings. The third-order valence-electron chi connectivity index (χ3n) is 3.67. The predicted molar refractivity (Wildman–Crippen MR) is 75.7 cm³/mol. The molecule has 1 saturated heterocycles. The van der Waals surface area contributed by atoms with Crippen LogP contribution in [0.2, 0.25) is 0 Å². The summed E-state index contributed by atoms with van der Waals surface area (Å²) in [6.07, 6.45) is 2.87. The highest BCUT2D eigenvalue weighted by molar-refractivity contribution is 8.00. The van der Waals surface area contributed by atoms with Gasteiger partial charge < -0.3 is 5.11 Å². The van der Waals surface area contributed by atoms with Crippen molar-refractivity contribution in [3.63, 3.8) is 0 Å². The number of hydrogen-bond donors (Lipinski definition) is 1.